The van der Waals surface area contributed by atoms with Gasteiger partial charge in [-0.2, -0.15) is 10.2 Å². The SMILES string of the molecule is N#CC1CN(c2nc(NN)ncc2Cl)CCO1. The fourth-order valence-electron chi connectivity index (χ4n) is 1.57. The Labute approximate surface area is 103 Å². The van der Waals surface area contributed by atoms with E-state index in [2.05, 4.69) is 21.5 Å². The number of anilines is 2. The summed E-state index contributed by atoms with van der Waals surface area (Å²) in [5, 5.41) is 9.25. The van der Waals surface area contributed by atoms with Gasteiger partial charge in [0.05, 0.1) is 25.4 Å². The van der Waals surface area contributed by atoms with Gasteiger partial charge in [0.2, 0.25) is 5.95 Å². The number of hydrogen-bond acceptors (Lipinski definition) is 7. The highest BCUT2D eigenvalue weighted by Crippen LogP contribution is 2.25. The standard InChI is InChI=1S/C9H11ClN6O/c10-7-4-13-9(15-12)14-8(7)16-1-2-17-6(3-11)5-16/h4,6H,1-2,5,12H2,(H,13,14,15). The van der Waals surface area contributed by atoms with Crippen molar-refractivity contribution >= 4 is 23.4 Å². The second-order valence-corrected chi connectivity index (χ2v) is 3.85. The normalized spacial score (nSPS) is 19.8. The minimum Gasteiger partial charge on any atom is -0.360 e. The minimum atomic E-state index is -0.468. The summed E-state index contributed by atoms with van der Waals surface area (Å²) in [5.41, 5.74) is 2.36. The van der Waals surface area contributed by atoms with E-state index in [9.17, 15) is 0 Å². The first-order valence-electron chi connectivity index (χ1n) is 5.00. The van der Waals surface area contributed by atoms with E-state index in [0.717, 1.165) is 0 Å². The van der Waals surface area contributed by atoms with E-state index in [0.29, 0.717) is 30.5 Å². The van der Waals surface area contributed by atoms with Gasteiger partial charge in [-0.3, -0.25) is 5.43 Å². The number of morpholine rings is 1. The second kappa shape index (κ2) is 5.14. The van der Waals surface area contributed by atoms with Crippen molar-refractivity contribution in [2.24, 2.45) is 5.84 Å². The molecule has 1 atom stereocenters. The number of ether oxygens (including phenoxy) is 1. The van der Waals surface area contributed by atoms with Gasteiger partial charge in [0.15, 0.2) is 11.9 Å². The molecule has 7 nitrogen and oxygen atoms in total. The van der Waals surface area contributed by atoms with Crippen LogP contribution in [0.25, 0.3) is 0 Å². The van der Waals surface area contributed by atoms with Crippen LogP contribution in [0.4, 0.5) is 11.8 Å². The van der Waals surface area contributed by atoms with Gasteiger partial charge in [-0.1, -0.05) is 11.6 Å². The summed E-state index contributed by atoms with van der Waals surface area (Å²) < 4.78 is 5.25. The van der Waals surface area contributed by atoms with Crippen molar-refractivity contribution < 1.29 is 4.74 Å². The van der Waals surface area contributed by atoms with Gasteiger partial charge >= 0.3 is 0 Å². The van der Waals surface area contributed by atoms with E-state index in [1.54, 1.807) is 0 Å². The molecule has 1 aromatic rings. The number of nitriles is 1. The van der Waals surface area contributed by atoms with Crippen molar-refractivity contribution in [1.82, 2.24) is 9.97 Å². The molecule has 1 saturated heterocycles. The minimum absolute atomic E-state index is 0.282. The van der Waals surface area contributed by atoms with Crippen LogP contribution in [0.3, 0.4) is 0 Å². The third kappa shape index (κ3) is 2.55. The first kappa shape index (κ1) is 11.9. The van der Waals surface area contributed by atoms with E-state index in [4.69, 9.17) is 27.4 Å². The van der Waals surface area contributed by atoms with Crippen LogP contribution in [0.5, 0.6) is 0 Å². The average molecular weight is 255 g/mol. The number of hydrazine groups is 1. The quantitative estimate of drug-likeness (QED) is 0.572. The molecule has 0 spiro atoms. The largest absolute Gasteiger partial charge is 0.360 e. The van der Waals surface area contributed by atoms with Gasteiger partial charge in [0.25, 0.3) is 0 Å². The number of aromatic nitrogens is 2. The van der Waals surface area contributed by atoms with E-state index < -0.39 is 6.10 Å². The van der Waals surface area contributed by atoms with Crippen LogP contribution in [0.2, 0.25) is 5.02 Å². The van der Waals surface area contributed by atoms with Crippen molar-refractivity contribution in [3.8, 4) is 6.07 Å². The highest BCUT2D eigenvalue weighted by molar-refractivity contribution is 6.32. The third-order valence-electron chi connectivity index (χ3n) is 2.36. The molecule has 90 valence electrons. The Morgan fingerprint density at radius 3 is 3.24 bits per heavy atom. The van der Waals surface area contributed by atoms with Gasteiger partial charge in [0.1, 0.15) is 5.02 Å². The maximum absolute atomic E-state index is 8.83. The molecular weight excluding hydrogens is 244 g/mol. The zero-order valence-electron chi connectivity index (χ0n) is 8.93. The molecule has 1 aromatic heterocycles. The molecule has 2 heterocycles. The number of rotatable bonds is 2. The first-order chi connectivity index (χ1) is 8.24. The molecule has 1 aliphatic rings. The monoisotopic (exact) mass is 254 g/mol. The van der Waals surface area contributed by atoms with Gasteiger partial charge < -0.3 is 9.64 Å². The lowest BCUT2D eigenvalue weighted by Gasteiger charge is -2.31. The van der Waals surface area contributed by atoms with Gasteiger partial charge in [-0.15, -0.1) is 0 Å². The van der Waals surface area contributed by atoms with E-state index in [1.165, 1.54) is 6.20 Å². The van der Waals surface area contributed by atoms with Gasteiger partial charge in [-0.05, 0) is 0 Å². The molecule has 0 aromatic carbocycles. The highest BCUT2D eigenvalue weighted by atomic mass is 35.5. The summed E-state index contributed by atoms with van der Waals surface area (Å²) in [6.45, 7) is 1.51. The van der Waals surface area contributed by atoms with Crippen LogP contribution in [-0.2, 0) is 4.74 Å². The predicted molar refractivity (Wildman–Crippen MR) is 62.4 cm³/mol. The molecule has 2 rings (SSSR count). The van der Waals surface area contributed by atoms with Crippen LogP contribution < -0.4 is 16.2 Å². The summed E-state index contributed by atoms with van der Waals surface area (Å²) in [6.07, 6.45) is 1.000. The van der Waals surface area contributed by atoms with E-state index in [-0.39, 0.29) is 5.95 Å². The molecule has 0 amide bonds. The fourth-order valence-corrected chi connectivity index (χ4v) is 1.78. The summed E-state index contributed by atoms with van der Waals surface area (Å²) in [5.74, 6) is 6.07. The lowest BCUT2D eigenvalue weighted by Crippen LogP contribution is -2.42. The Balaban J connectivity index is 2.24. The number of nitrogen functional groups attached to an aromatic ring is 1. The molecular formula is C9H11ClN6O. The van der Waals surface area contributed by atoms with Crippen molar-refractivity contribution in [2.45, 2.75) is 6.10 Å². The van der Waals surface area contributed by atoms with Crippen molar-refractivity contribution in [2.75, 3.05) is 30.0 Å². The molecule has 0 radical (unpaired) electrons. The molecule has 0 aliphatic carbocycles. The van der Waals surface area contributed by atoms with Crippen molar-refractivity contribution in [1.29, 1.82) is 5.26 Å². The zero-order valence-corrected chi connectivity index (χ0v) is 9.68. The molecule has 1 unspecified atom stereocenters. The summed E-state index contributed by atoms with van der Waals surface area (Å²) in [4.78, 5) is 9.93. The number of halogens is 1. The Bertz CT molecular complexity index is 448. The second-order valence-electron chi connectivity index (χ2n) is 3.44. The number of hydrogen-bond donors (Lipinski definition) is 2. The van der Waals surface area contributed by atoms with Crippen LogP contribution in [0.1, 0.15) is 0 Å². The Morgan fingerprint density at radius 2 is 2.53 bits per heavy atom. The first-order valence-corrected chi connectivity index (χ1v) is 5.37. The van der Waals surface area contributed by atoms with Crippen LogP contribution in [0, 0.1) is 11.3 Å². The fraction of sp³-hybridized carbons (Fsp3) is 0.444. The number of nitrogens with one attached hydrogen (secondary N) is 1. The van der Waals surface area contributed by atoms with Gasteiger partial charge in [-0.25, -0.2) is 10.8 Å². The maximum atomic E-state index is 8.83. The van der Waals surface area contributed by atoms with Crippen molar-refractivity contribution in [3.05, 3.63) is 11.2 Å². The topological polar surface area (TPSA) is 100 Å². The molecule has 1 aliphatic heterocycles. The molecule has 3 N–H and O–H groups in total. The van der Waals surface area contributed by atoms with Gasteiger partial charge in [0, 0.05) is 6.54 Å². The maximum Gasteiger partial charge on any atom is 0.239 e. The lowest BCUT2D eigenvalue weighted by molar-refractivity contribution is 0.0761. The Morgan fingerprint density at radius 1 is 1.71 bits per heavy atom. The Kier molecular flexibility index (Phi) is 3.58. The average Bonchev–Trinajstić information content (AvgIpc) is 2.39. The summed E-state index contributed by atoms with van der Waals surface area (Å²) in [6, 6.07) is 2.06. The lowest BCUT2D eigenvalue weighted by atomic mass is 10.3. The predicted octanol–water partition coefficient (Wildman–Crippen LogP) is 0.144. The molecule has 8 heteroatoms. The molecule has 17 heavy (non-hydrogen) atoms. The zero-order chi connectivity index (χ0) is 12.3. The summed E-state index contributed by atoms with van der Waals surface area (Å²) in [7, 11) is 0. The van der Waals surface area contributed by atoms with E-state index >= 15 is 0 Å². The van der Waals surface area contributed by atoms with Crippen molar-refractivity contribution in [3.63, 3.8) is 0 Å². The smallest absolute Gasteiger partial charge is 0.239 e. The summed E-state index contributed by atoms with van der Waals surface area (Å²) >= 11 is 6.02. The molecule has 0 bridgehead atoms. The Hall–Kier alpha value is -1.62. The number of nitrogens with zero attached hydrogens (tertiary/aromatic N) is 4. The molecule has 0 saturated carbocycles. The number of nitrogens with two attached hydrogens (primary N) is 1. The highest BCUT2D eigenvalue weighted by Gasteiger charge is 2.23. The van der Waals surface area contributed by atoms with Crippen LogP contribution in [-0.4, -0.2) is 35.8 Å². The van der Waals surface area contributed by atoms with Crippen LogP contribution in [0.15, 0.2) is 6.20 Å². The van der Waals surface area contributed by atoms with Crippen LogP contribution >= 0.6 is 11.6 Å². The van der Waals surface area contributed by atoms with E-state index in [1.807, 2.05) is 4.90 Å². The third-order valence-corrected chi connectivity index (χ3v) is 2.63. The molecule has 1 fully saturated rings.